The van der Waals surface area contributed by atoms with Gasteiger partial charge in [-0.15, -0.1) is 0 Å². The van der Waals surface area contributed by atoms with E-state index in [1.165, 1.54) is 13.0 Å². The average Bonchev–Trinajstić information content (AvgIpc) is 2.82. The number of ketones is 1. The topological polar surface area (TPSA) is 99.0 Å². The molecule has 0 radical (unpaired) electrons. The highest BCUT2D eigenvalue weighted by Crippen LogP contribution is 2.40. The molecule has 1 atom stereocenters. The lowest BCUT2D eigenvalue weighted by molar-refractivity contribution is -0.126. The van der Waals surface area contributed by atoms with Crippen LogP contribution in [0.1, 0.15) is 34.6 Å². The summed E-state index contributed by atoms with van der Waals surface area (Å²) in [5.74, 6) is 0.217. The number of hydrogen-bond donors (Lipinski definition) is 0. The largest absolute Gasteiger partial charge is 0.494 e. The Morgan fingerprint density at radius 3 is 2.14 bits per heavy atom. The molecule has 2 aromatic rings. The van der Waals surface area contributed by atoms with Crippen molar-refractivity contribution in [2.45, 2.75) is 40.7 Å². The Morgan fingerprint density at radius 2 is 1.54 bits per heavy atom. The standard InChI is InChI=1S/C24H29Cl2N3O6/c1-6-32-17-10-11-20(33-7-2)19(14-17)29(26)24(31)22(15(5)30)28-27-16-12-18(25)23(35-9-4)21(13-16)34-8-3/h10-14,22H,6-9H2,1-5H3. The van der Waals surface area contributed by atoms with E-state index in [2.05, 4.69) is 10.2 Å². The van der Waals surface area contributed by atoms with E-state index in [0.717, 1.165) is 4.42 Å². The number of anilines is 1. The van der Waals surface area contributed by atoms with Gasteiger partial charge in [0.2, 0.25) is 6.04 Å². The molecule has 190 valence electrons. The monoisotopic (exact) mass is 525 g/mol. The van der Waals surface area contributed by atoms with Gasteiger partial charge in [-0.05, 0) is 52.8 Å². The summed E-state index contributed by atoms with van der Waals surface area (Å²) in [5, 5.41) is 8.28. The Balaban J connectivity index is 2.39. The van der Waals surface area contributed by atoms with Crippen molar-refractivity contribution in [3.8, 4) is 23.0 Å². The number of hydrogen-bond acceptors (Lipinski definition) is 8. The fourth-order valence-electron chi connectivity index (χ4n) is 3.00. The molecule has 0 bridgehead atoms. The fraction of sp³-hybridized carbons (Fsp3) is 0.417. The average molecular weight is 526 g/mol. The third kappa shape index (κ3) is 7.47. The second-order valence-electron chi connectivity index (χ2n) is 6.96. The van der Waals surface area contributed by atoms with Gasteiger partial charge in [0, 0.05) is 23.9 Å². The van der Waals surface area contributed by atoms with E-state index in [1.807, 2.05) is 20.8 Å². The highest BCUT2D eigenvalue weighted by molar-refractivity contribution is 6.39. The second-order valence-corrected chi connectivity index (χ2v) is 7.71. The molecule has 0 aliphatic rings. The molecule has 0 aliphatic carbocycles. The zero-order valence-electron chi connectivity index (χ0n) is 20.3. The van der Waals surface area contributed by atoms with Gasteiger partial charge in [0.15, 0.2) is 17.3 Å². The lowest BCUT2D eigenvalue weighted by Crippen LogP contribution is -2.36. The van der Waals surface area contributed by atoms with Crippen LogP contribution in [0.2, 0.25) is 5.02 Å². The lowest BCUT2D eigenvalue weighted by atomic mass is 10.2. The number of amides is 1. The maximum Gasteiger partial charge on any atom is 0.276 e. The number of rotatable bonds is 13. The van der Waals surface area contributed by atoms with Crippen molar-refractivity contribution >= 4 is 46.4 Å². The van der Waals surface area contributed by atoms with Crippen molar-refractivity contribution in [2.24, 2.45) is 10.2 Å². The molecule has 0 saturated heterocycles. The second kappa shape index (κ2) is 13.7. The molecule has 0 spiro atoms. The summed E-state index contributed by atoms with van der Waals surface area (Å²) in [6, 6.07) is 6.43. The molecule has 0 N–H and O–H groups in total. The molecule has 2 rings (SSSR count). The van der Waals surface area contributed by atoms with Crippen molar-refractivity contribution in [3.63, 3.8) is 0 Å². The van der Waals surface area contributed by atoms with Gasteiger partial charge in [-0.25, -0.2) is 4.42 Å². The quantitative estimate of drug-likeness (QED) is 0.176. The van der Waals surface area contributed by atoms with Gasteiger partial charge in [0.1, 0.15) is 17.2 Å². The molecule has 0 saturated carbocycles. The number of carbonyl (C=O) groups is 2. The van der Waals surface area contributed by atoms with Crippen LogP contribution in [0.15, 0.2) is 40.6 Å². The summed E-state index contributed by atoms with van der Waals surface area (Å²) >= 11 is 12.7. The third-order valence-corrected chi connectivity index (χ3v) is 5.07. The molecule has 2 aromatic carbocycles. The Kier molecular flexibility index (Phi) is 11.1. The van der Waals surface area contributed by atoms with Crippen LogP contribution in [0.3, 0.4) is 0 Å². The van der Waals surface area contributed by atoms with Crippen molar-refractivity contribution in [3.05, 3.63) is 35.4 Å². The predicted molar refractivity (Wildman–Crippen MR) is 135 cm³/mol. The SMILES string of the molecule is CCOc1ccc(OCC)c(N(Cl)C(=O)C(N=Nc2cc(Cl)c(OCC)c(OCC)c2)C(C)=O)c1. The highest BCUT2D eigenvalue weighted by Gasteiger charge is 2.30. The zero-order valence-corrected chi connectivity index (χ0v) is 21.9. The number of halogens is 2. The van der Waals surface area contributed by atoms with Gasteiger partial charge in [0.25, 0.3) is 5.91 Å². The first-order valence-electron chi connectivity index (χ1n) is 11.2. The van der Waals surface area contributed by atoms with Crippen molar-refractivity contribution in [2.75, 3.05) is 30.8 Å². The Bertz CT molecular complexity index is 1060. The van der Waals surface area contributed by atoms with Crippen LogP contribution < -0.4 is 23.4 Å². The molecule has 35 heavy (non-hydrogen) atoms. The highest BCUT2D eigenvalue weighted by atomic mass is 35.5. The van der Waals surface area contributed by atoms with E-state index < -0.39 is 17.7 Å². The number of benzene rings is 2. The van der Waals surface area contributed by atoms with Gasteiger partial charge < -0.3 is 18.9 Å². The minimum Gasteiger partial charge on any atom is -0.494 e. The third-order valence-electron chi connectivity index (χ3n) is 4.44. The summed E-state index contributed by atoms with van der Waals surface area (Å²) in [4.78, 5) is 25.5. The molecule has 1 unspecified atom stereocenters. The molecule has 9 nitrogen and oxygen atoms in total. The van der Waals surface area contributed by atoms with Gasteiger partial charge in [-0.1, -0.05) is 11.6 Å². The molecular formula is C24H29Cl2N3O6. The normalized spacial score (nSPS) is 11.7. The molecule has 0 aromatic heterocycles. The van der Waals surface area contributed by atoms with Gasteiger partial charge >= 0.3 is 0 Å². The number of carbonyl (C=O) groups excluding carboxylic acids is 2. The maximum atomic E-state index is 13.2. The maximum absolute atomic E-state index is 13.2. The van der Waals surface area contributed by atoms with Crippen LogP contribution in [0.5, 0.6) is 23.0 Å². The van der Waals surface area contributed by atoms with Gasteiger partial charge in [0.05, 0.1) is 37.1 Å². The van der Waals surface area contributed by atoms with Crippen molar-refractivity contribution in [1.29, 1.82) is 0 Å². The first-order chi connectivity index (χ1) is 16.8. The van der Waals surface area contributed by atoms with Crippen LogP contribution in [-0.2, 0) is 9.59 Å². The Hall–Kier alpha value is -3.04. The summed E-state index contributed by atoms with van der Waals surface area (Å²) in [7, 11) is 0. The number of nitrogens with zero attached hydrogens (tertiary/aromatic N) is 3. The minimum absolute atomic E-state index is 0.216. The Labute approximate surface area is 215 Å². The summed E-state index contributed by atoms with van der Waals surface area (Å²) in [6.07, 6.45) is 0. The minimum atomic E-state index is -1.50. The van der Waals surface area contributed by atoms with Crippen molar-refractivity contribution in [1.82, 2.24) is 0 Å². The van der Waals surface area contributed by atoms with E-state index in [0.29, 0.717) is 49.4 Å². The van der Waals surface area contributed by atoms with Gasteiger partial charge in [-0.3, -0.25) is 9.59 Å². The van der Waals surface area contributed by atoms with E-state index in [9.17, 15) is 9.59 Å². The number of azo groups is 1. The Morgan fingerprint density at radius 1 is 0.914 bits per heavy atom. The number of ether oxygens (including phenoxy) is 4. The molecular weight excluding hydrogens is 497 g/mol. The fourth-order valence-corrected chi connectivity index (χ4v) is 3.48. The summed E-state index contributed by atoms with van der Waals surface area (Å²) in [6.45, 7) is 10.0. The van der Waals surface area contributed by atoms with Crippen molar-refractivity contribution < 1.29 is 28.5 Å². The molecule has 11 heteroatoms. The first-order valence-corrected chi connectivity index (χ1v) is 11.9. The van der Waals surface area contributed by atoms with Gasteiger partial charge in [-0.2, -0.15) is 10.2 Å². The van der Waals surface area contributed by atoms with E-state index in [4.69, 9.17) is 42.3 Å². The molecule has 1 amide bonds. The number of Topliss-reactive ketones (excluding diaryl/α,β-unsaturated/α-hetero) is 1. The van der Waals surface area contributed by atoms with Crippen LogP contribution in [-0.4, -0.2) is 44.2 Å². The first kappa shape index (κ1) is 28.2. The lowest BCUT2D eigenvalue weighted by Gasteiger charge is -2.20. The molecule has 0 fully saturated rings. The summed E-state index contributed by atoms with van der Waals surface area (Å²) in [5.41, 5.74) is 0.490. The molecule has 0 heterocycles. The molecule has 0 aliphatic heterocycles. The van der Waals surface area contributed by atoms with Crippen LogP contribution in [0.4, 0.5) is 11.4 Å². The summed E-state index contributed by atoms with van der Waals surface area (Å²) < 4.78 is 23.0. The smallest absolute Gasteiger partial charge is 0.276 e. The van der Waals surface area contributed by atoms with Crippen LogP contribution >= 0.6 is 23.4 Å². The van der Waals surface area contributed by atoms with Crippen LogP contribution in [0, 0.1) is 0 Å². The van der Waals surface area contributed by atoms with E-state index >= 15 is 0 Å². The van der Waals surface area contributed by atoms with E-state index in [-0.39, 0.29) is 16.4 Å². The predicted octanol–water partition coefficient (Wildman–Crippen LogP) is 6.16. The van der Waals surface area contributed by atoms with Crippen LogP contribution in [0.25, 0.3) is 0 Å². The van der Waals surface area contributed by atoms with E-state index in [1.54, 1.807) is 31.2 Å². The zero-order chi connectivity index (χ0) is 26.0.